The van der Waals surface area contributed by atoms with Gasteiger partial charge >= 0.3 is 0 Å². The Labute approximate surface area is 294 Å². The van der Waals surface area contributed by atoms with E-state index in [0.717, 1.165) is 52.1 Å². The Morgan fingerprint density at radius 3 is 2.09 bits per heavy atom. The van der Waals surface area contributed by atoms with E-state index in [4.69, 9.17) is 0 Å². The Hall–Kier alpha value is -4.49. The van der Waals surface area contributed by atoms with Gasteiger partial charge in [-0.1, -0.05) is 103 Å². The molecule has 1 aromatic heterocycles. The molecule has 9 heteroatoms. The van der Waals surface area contributed by atoms with Crippen molar-refractivity contribution in [2.75, 3.05) is 22.9 Å². The fraction of sp³-hybridized carbons (Fsp3) is 0.158. The zero-order valence-electron chi connectivity index (χ0n) is 25.9. The van der Waals surface area contributed by atoms with E-state index >= 15 is 0 Å². The van der Waals surface area contributed by atoms with E-state index in [9.17, 15) is 4.79 Å². The summed E-state index contributed by atoms with van der Waals surface area (Å²) in [5, 5.41) is 2.07. The van der Waals surface area contributed by atoms with Crippen molar-refractivity contribution in [3.8, 4) is 0 Å². The number of aromatic amines is 1. The summed E-state index contributed by atoms with van der Waals surface area (Å²) in [6.07, 6.45) is 3.60. The second kappa shape index (κ2) is 16.4. The first-order valence-corrected chi connectivity index (χ1v) is 15.2. The number of nitrogens with zero attached hydrogens (tertiary/aromatic N) is 4. The maximum Gasteiger partial charge on any atom is 0.254 e. The molecule has 7 rings (SSSR count). The average molecular weight is 687 g/mol. The van der Waals surface area contributed by atoms with Crippen LogP contribution in [0.1, 0.15) is 32.7 Å². The molecule has 47 heavy (non-hydrogen) atoms. The monoisotopic (exact) mass is 685 g/mol. The Kier molecular flexibility index (Phi) is 12.3. The summed E-state index contributed by atoms with van der Waals surface area (Å²) in [4.78, 5) is 28.4. The summed E-state index contributed by atoms with van der Waals surface area (Å²) in [5.74, 6) is 0.0648. The summed E-state index contributed by atoms with van der Waals surface area (Å²) in [5.41, 5.74) is 7.76. The second-order valence-corrected chi connectivity index (χ2v) is 11.4. The molecule has 1 amide bonds. The highest BCUT2D eigenvalue weighted by Gasteiger charge is 2.26. The molecule has 1 aliphatic rings. The van der Waals surface area contributed by atoms with Crippen LogP contribution < -0.4 is 9.80 Å². The highest BCUT2D eigenvalue weighted by Crippen LogP contribution is 2.33. The van der Waals surface area contributed by atoms with Crippen LogP contribution in [0.15, 0.2) is 134 Å². The van der Waals surface area contributed by atoms with Gasteiger partial charge < -0.3 is 19.7 Å². The number of rotatable bonds is 8. The predicted molar refractivity (Wildman–Crippen MR) is 199 cm³/mol. The molecule has 0 bridgehead atoms. The van der Waals surface area contributed by atoms with Crippen molar-refractivity contribution in [1.82, 2.24) is 14.9 Å². The Bertz CT molecular complexity index is 1820. The summed E-state index contributed by atoms with van der Waals surface area (Å²) in [6, 6.07) is 42.1. The zero-order chi connectivity index (χ0) is 29.7. The maximum atomic E-state index is 14.1. The molecule has 0 aliphatic carbocycles. The van der Waals surface area contributed by atoms with E-state index in [-0.39, 0.29) is 43.1 Å². The van der Waals surface area contributed by atoms with Crippen LogP contribution >= 0.6 is 37.2 Å². The molecule has 0 unspecified atom stereocenters. The number of hydrogen-bond acceptors (Lipinski definition) is 4. The van der Waals surface area contributed by atoms with Crippen molar-refractivity contribution in [3.05, 3.63) is 162 Å². The van der Waals surface area contributed by atoms with E-state index in [1.807, 2.05) is 41.4 Å². The largest absolute Gasteiger partial charge is 0.364 e. The van der Waals surface area contributed by atoms with E-state index in [1.54, 1.807) is 6.33 Å². The molecular formula is C38H38Cl3N5O. The maximum absolute atomic E-state index is 14.1. The minimum absolute atomic E-state index is 0. The Balaban J connectivity index is 0.00000167. The predicted octanol–water partition coefficient (Wildman–Crippen LogP) is 8.70. The fourth-order valence-electron chi connectivity index (χ4n) is 6.17. The van der Waals surface area contributed by atoms with Gasteiger partial charge in [-0.15, -0.1) is 37.2 Å². The summed E-state index contributed by atoms with van der Waals surface area (Å²) in [7, 11) is 0. The first kappa shape index (κ1) is 35.4. The van der Waals surface area contributed by atoms with Gasteiger partial charge in [0.15, 0.2) is 0 Å². The Morgan fingerprint density at radius 1 is 0.745 bits per heavy atom. The molecule has 6 aromatic rings. The number of amides is 1. The molecule has 242 valence electrons. The van der Waals surface area contributed by atoms with Gasteiger partial charge in [-0.3, -0.25) is 4.79 Å². The van der Waals surface area contributed by atoms with Gasteiger partial charge in [0, 0.05) is 55.9 Å². The first-order valence-electron chi connectivity index (χ1n) is 15.2. The van der Waals surface area contributed by atoms with Gasteiger partial charge in [0.05, 0.1) is 18.6 Å². The molecule has 5 aromatic carbocycles. The van der Waals surface area contributed by atoms with Crippen molar-refractivity contribution in [2.24, 2.45) is 0 Å². The number of benzene rings is 5. The second-order valence-electron chi connectivity index (χ2n) is 11.4. The molecule has 1 N–H and O–H groups in total. The highest BCUT2D eigenvalue weighted by molar-refractivity contribution is 6.07. The highest BCUT2D eigenvalue weighted by atomic mass is 35.5. The number of nitrogens with one attached hydrogen (secondary N) is 1. The summed E-state index contributed by atoms with van der Waals surface area (Å²) < 4.78 is 0. The van der Waals surface area contributed by atoms with Crippen molar-refractivity contribution in [2.45, 2.75) is 26.2 Å². The van der Waals surface area contributed by atoms with Crippen LogP contribution in [0.4, 0.5) is 11.4 Å². The number of carbonyl (C=O) groups is 1. The molecular weight excluding hydrogens is 649 g/mol. The molecule has 0 radical (unpaired) electrons. The Morgan fingerprint density at radius 2 is 1.40 bits per heavy atom. The molecule has 0 atom stereocenters. The molecule has 2 heterocycles. The van der Waals surface area contributed by atoms with Gasteiger partial charge in [-0.2, -0.15) is 0 Å². The molecule has 0 fully saturated rings. The lowest BCUT2D eigenvalue weighted by Gasteiger charge is -2.29. The molecule has 0 spiro atoms. The van der Waals surface area contributed by atoms with Gasteiger partial charge in [0.25, 0.3) is 5.91 Å². The van der Waals surface area contributed by atoms with Crippen LogP contribution in [0.2, 0.25) is 0 Å². The third kappa shape index (κ3) is 8.09. The quantitative estimate of drug-likeness (QED) is 0.174. The van der Waals surface area contributed by atoms with Crippen molar-refractivity contribution >= 4 is 65.3 Å². The van der Waals surface area contributed by atoms with Crippen LogP contribution in [-0.2, 0) is 26.2 Å². The number of H-pyrrole nitrogens is 1. The van der Waals surface area contributed by atoms with Crippen molar-refractivity contribution < 1.29 is 4.79 Å². The standard InChI is InChI=1S/C38H35N5O.3ClH/c44-38(36-17-9-15-31-14-7-8-16-35(31)36)42-21-20-41(27-33-23-39-28-40-33)37-22-34(19-18-32(37)26-42)43(24-29-10-3-1-4-11-29)25-30-12-5-2-6-13-30;;;/h1-19,22-23,28H,20-21,24-27H2,(H,39,40);3*1H. The van der Waals surface area contributed by atoms with E-state index in [1.165, 1.54) is 11.1 Å². The van der Waals surface area contributed by atoms with Crippen LogP contribution in [0.5, 0.6) is 0 Å². The third-order valence-electron chi connectivity index (χ3n) is 8.43. The minimum atomic E-state index is 0. The lowest BCUT2D eigenvalue weighted by molar-refractivity contribution is 0.0753. The number of hydrogen-bond donors (Lipinski definition) is 1. The van der Waals surface area contributed by atoms with E-state index in [0.29, 0.717) is 26.2 Å². The van der Waals surface area contributed by atoms with Gasteiger partial charge in [0.1, 0.15) is 0 Å². The number of imidazole rings is 1. The van der Waals surface area contributed by atoms with E-state index < -0.39 is 0 Å². The topological polar surface area (TPSA) is 55.5 Å². The third-order valence-corrected chi connectivity index (χ3v) is 8.43. The average Bonchev–Trinajstić information content (AvgIpc) is 3.52. The van der Waals surface area contributed by atoms with Gasteiger partial charge in [-0.25, -0.2) is 4.98 Å². The van der Waals surface area contributed by atoms with Crippen LogP contribution in [0.3, 0.4) is 0 Å². The number of anilines is 2. The zero-order valence-corrected chi connectivity index (χ0v) is 28.3. The number of carbonyl (C=O) groups excluding carboxylic acids is 1. The molecule has 1 aliphatic heterocycles. The minimum Gasteiger partial charge on any atom is -0.364 e. The summed E-state index contributed by atoms with van der Waals surface area (Å²) in [6.45, 7) is 4.15. The van der Waals surface area contributed by atoms with Crippen molar-refractivity contribution in [3.63, 3.8) is 0 Å². The smallest absolute Gasteiger partial charge is 0.254 e. The molecule has 6 nitrogen and oxygen atoms in total. The lowest BCUT2D eigenvalue weighted by Crippen LogP contribution is -2.35. The normalized spacial score (nSPS) is 12.2. The fourth-order valence-corrected chi connectivity index (χ4v) is 6.17. The SMILES string of the molecule is Cl.Cl.Cl.O=C(c1cccc2ccccc12)N1CCN(Cc2cnc[nH]2)c2cc(N(Cc3ccccc3)Cc3ccccc3)ccc2C1. The van der Waals surface area contributed by atoms with E-state index in [2.05, 4.69) is 111 Å². The molecule has 0 saturated carbocycles. The lowest BCUT2D eigenvalue weighted by atomic mass is 10.0. The molecule has 0 saturated heterocycles. The van der Waals surface area contributed by atoms with Crippen LogP contribution in [0, 0.1) is 0 Å². The van der Waals surface area contributed by atoms with Crippen LogP contribution in [0.25, 0.3) is 10.8 Å². The number of halogens is 3. The first-order chi connectivity index (χ1) is 21.7. The number of aromatic nitrogens is 2. The summed E-state index contributed by atoms with van der Waals surface area (Å²) >= 11 is 0. The van der Waals surface area contributed by atoms with Gasteiger partial charge in [0.2, 0.25) is 0 Å². The van der Waals surface area contributed by atoms with Gasteiger partial charge in [-0.05, 0) is 45.7 Å². The number of fused-ring (bicyclic) bond motifs is 2. The van der Waals surface area contributed by atoms with Crippen molar-refractivity contribution in [1.29, 1.82) is 0 Å². The van der Waals surface area contributed by atoms with Crippen LogP contribution in [-0.4, -0.2) is 33.9 Å².